The number of rotatable bonds is 4. The van der Waals surface area contributed by atoms with Crippen molar-refractivity contribution in [2.24, 2.45) is 5.92 Å². The molecule has 0 saturated heterocycles. The highest BCUT2D eigenvalue weighted by Gasteiger charge is 2.22. The van der Waals surface area contributed by atoms with Crippen molar-refractivity contribution in [3.8, 4) is 0 Å². The van der Waals surface area contributed by atoms with Crippen LogP contribution in [0.5, 0.6) is 0 Å². The normalized spacial score (nSPS) is 20.3. The molecule has 0 aromatic heterocycles. The molecule has 3 heteroatoms. The predicted octanol–water partition coefficient (Wildman–Crippen LogP) is 8.46. The van der Waals surface area contributed by atoms with Crippen molar-refractivity contribution in [2.45, 2.75) is 51.4 Å². The highest BCUT2D eigenvalue weighted by Crippen LogP contribution is 2.35. The number of halogens is 3. The lowest BCUT2D eigenvalue weighted by Crippen LogP contribution is -2.08. The second-order valence-corrected chi connectivity index (χ2v) is 8.51. The van der Waals surface area contributed by atoms with Gasteiger partial charge in [0.15, 0.2) is 11.6 Å². The van der Waals surface area contributed by atoms with Gasteiger partial charge in [-0.05, 0) is 53.9 Å². The fourth-order valence-corrected chi connectivity index (χ4v) is 4.46. The van der Waals surface area contributed by atoms with Gasteiger partial charge in [-0.1, -0.05) is 80.8 Å². The van der Waals surface area contributed by atoms with Crippen molar-refractivity contribution in [1.29, 1.82) is 0 Å². The fourth-order valence-electron chi connectivity index (χ4n) is 4.46. The van der Waals surface area contributed by atoms with Crippen LogP contribution in [0.3, 0.4) is 0 Å². The summed E-state index contributed by atoms with van der Waals surface area (Å²) in [5, 5.41) is 0. The zero-order chi connectivity index (χ0) is 21.1. The molecule has 0 amide bonds. The number of hydrogen-bond acceptors (Lipinski definition) is 0. The SMILES string of the molecule is CC1C=C(F)C(c2ccc(/C=C/c3ccc(C4CCCCC4)c(F)c3F)cc2)=CC1. The van der Waals surface area contributed by atoms with Crippen LogP contribution >= 0.6 is 0 Å². The minimum Gasteiger partial charge on any atom is -0.207 e. The highest BCUT2D eigenvalue weighted by atomic mass is 19.2. The molecule has 2 aromatic carbocycles. The summed E-state index contributed by atoms with van der Waals surface area (Å²) in [5.74, 6) is -1.33. The van der Waals surface area contributed by atoms with E-state index in [1.165, 1.54) is 6.42 Å². The van der Waals surface area contributed by atoms with E-state index in [0.29, 0.717) is 11.1 Å². The molecule has 0 nitrogen and oxygen atoms in total. The van der Waals surface area contributed by atoms with Crippen LogP contribution in [0.15, 0.2) is 54.4 Å². The van der Waals surface area contributed by atoms with Crippen molar-refractivity contribution in [2.75, 3.05) is 0 Å². The monoisotopic (exact) mass is 408 g/mol. The van der Waals surface area contributed by atoms with Crippen LogP contribution in [0.25, 0.3) is 17.7 Å². The highest BCUT2D eigenvalue weighted by molar-refractivity contribution is 5.79. The molecule has 0 spiro atoms. The Morgan fingerprint density at radius 1 is 0.833 bits per heavy atom. The summed E-state index contributed by atoms with van der Waals surface area (Å²) in [4.78, 5) is 0. The maximum Gasteiger partial charge on any atom is 0.166 e. The van der Waals surface area contributed by atoms with E-state index in [2.05, 4.69) is 0 Å². The Morgan fingerprint density at radius 3 is 2.27 bits per heavy atom. The first-order chi connectivity index (χ1) is 14.5. The van der Waals surface area contributed by atoms with E-state index in [9.17, 15) is 13.2 Å². The maximum absolute atomic E-state index is 14.6. The van der Waals surface area contributed by atoms with Crippen LogP contribution in [-0.2, 0) is 0 Å². The average Bonchev–Trinajstić information content (AvgIpc) is 2.76. The van der Waals surface area contributed by atoms with E-state index in [4.69, 9.17) is 0 Å². The zero-order valence-corrected chi connectivity index (χ0v) is 17.3. The van der Waals surface area contributed by atoms with Gasteiger partial charge >= 0.3 is 0 Å². The minimum atomic E-state index is -0.778. The molecule has 1 saturated carbocycles. The standard InChI is InChI=1S/C27H27F3/c1-18-7-15-23(25(28)17-18)21-11-8-19(9-12-21)10-13-22-14-16-24(27(30)26(22)29)20-5-3-2-4-6-20/h8-18,20H,2-7H2,1H3/b13-10+. The van der Waals surface area contributed by atoms with Gasteiger partial charge in [-0.3, -0.25) is 0 Å². The van der Waals surface area contributed by atoms with Crippen LogP contribution in [0.2, 0.25) is 0 Å². The molecule has 4 rings (SSSR count). The Labute approximate surface area is 176 Å². The Bertz CT molecular complexity index is 990. The Kier molecular flexibility index (Phi) is 6.26. The smallest absolute Gasteiger partial charge is 0.166 e. The lowest BCUT2D eigenvalue weighted by atomic mass is 9.83. The molecule has 1 unspecified atom stereocenters. The van der Waals surface area contributed by atoms with E-state index in [-0.39, 0.29) is 23.2 Å². The van der Waals surface area contributed by atoms with Crippen LogP contribution in [0.1, 0.15) is 73.6 Å². The summed E-state index contributed by atoms with van der Waals surface area (Å²) in [5.41, 5.74) is 3.05. The van der Waals surface area contributed by atoms with Gasteiger partial charge in [0.05, 0.1) is 0 Å². The summed E-state index contributed by atoms with van der Waals surface area (Å²) in [6.07, 6.45) is 13.0. The van der Waals surface area contributed by atoms with Crippen LogP contribution < -0.4 is 0 Å². The first-order valence-corrected chi connectivity index (χ1v) is 10.9. The van der Waals surface area contributed by atoms with Crippen molar-refractivity contribution < 1.29 is 13.2 Å². The quantitative estimate of drug-likeness (QED) is 0.445. The summed E-state index contributed by atoms with van der Waals surface area (Å²) in [7, 11) is 0. The summed E-state index contributed by atoms with van der Waals surface area (Å²) in [6, 6.07) is 10.9. The molecule has 1 atom stereocenters. The lowest BCUT2D eigenvalue weighted by Gasteiger charge is -2.22. The Hall–Kier alpha value is -2.55. The van der Waals surface area contributed by atoms with Gasteiger partial charge in [-0.2, -0.15) is 0 Å². The van der Waals surface area contributed by atoms with Crippen LogP contribution in [0, 0.1) is 17.6 Å². The largest absolute Gasteiger partial charge is 0.207 e. The summed E-state index contributed by atoms with van der Waals surface area (Å²) >= 11 is 0. The van der Waals surface area contributed by atoms with Gasteiger partial charge in [0, 0.05) is 11.1 Å². The Morgan fingerprint density at radius 2 is 1.57 bits per heavy atom. The summed E-state index contributed by atoms with van der Waals surface area (Å²) in [6.45, 7) is 1.99. The van der Waals surface area contributed by atoms with Gasteiger partial charge in [0.2, 0.25) is 0 Å². The fraction of sp³-hybridized carbons (Fsp3) is 0.333. The Balaban J connectivity index is 1.50. The molecule has 0 bridgehead atoms. The van der Waals surface area contributed by atoms with Crippen molar-refractivity contribution in [3.05, 3.63) is 88.3 Å². The first-order valence-electron chi connectivity index (χ1n) is 10.9. The molecule has 30 heavy (non-hydrogen) atoms. The first kappa shape index (κ1) is 20.7. The number of allylic oxidation sites excluding steroid dienone is 4. The maximum atomic E-state index is 14.6. The minimum absolute atomic E-state index is 0.130. The van der Waals surface area contributed by atoms with E-state index < -0.39 is 11.6 Å². The molecule has 0 N–H and O–H groups in total. The van der Waals surface area contributed by atoms with E-state index in [1.807, 2.05) is 37.3 Å². The van der Waals surface area contributed by atoms with Crippen molar-refractivity contribution >= 4 is 17.7 Å². The molecular weight excluding hydrogens is 381 g/mol. The third kappa shape index (κ3) is 4.45. The molecule has 0 heterocycles. The molecule has 2 aromatic rings. The van der Waals surface area contributed by atoms with Gasteiger partial charge in [0.25, 0.3) is 0 Å². The predicted molar refractivity (Wildman–Crippen MR) is 119 cm³/mol. The van der Waals surface area contributed by atoms with Gasteiger partial charge in [-0.15, -0.1) is 0 Å². The number of benzene rings is 2. The zero-order valence-electron chi connectivity index (χ0n) is 17.3. The molecule has 0 radical (unpaired) electrons. The van der Waals surface area contributed by atoms with Gasteiger partial charge in [-0.25, -0.2) is 13.2 Å². The molecule has 2 aliphatic carbocycles. The van der Waals surface area contributed by atoms with E-state index >= 15 is 0 Å². The lowest BCUT2D eigenvalue weighted by molar-refractivity contribution is 0.417. The second kappa shape index (κ2) is 9.07. The molecule has 156 valence electrons. The molecule has 2 aliphatic rings. The topological polar surface area (TPSA) is 0 Å². The number of hydrogen-bond donors (Lipinski definition) is 0. The molecular formula is C27H27F3. The van der Waals surface area contributed by atoms with Crippen molar-refractivity contribution in [1.82, 2.24) is 0 Å². The van der Waals surface area contributed by atoms with Gasteiger partial charge < -0.3 is 0 Å². The summed E-state index contributed by atoms with van der Waals surface area (Å²) < 4.78 is 43.5. The van der Waals surface area contributed by atoms with E-state index in [0.717, 1.165) is 43.2 Å². The van der Waals surface area contributed by atoms with Crippen molar-refractivity contribution in [3.63, 3.8) is 0 Å². The molecule has 0 aliphatic heterocycles. The van der Waals surface area contributed by atoms with Crippen LogP contribution in [-0.4, -0.2) is 0 Å². The average molecular weight is 409 g/mol. The second-order valence-electron chi connectivity index (χ2n) is 8.51. The third-order valence-corrected chi connectivity index (χ3v) is 6.25. The molecule has 1 fully saturated rings. The van der Waals surface area contributed by atoms with E-state index in [1.54, 1.807) is 30.4 Å². The van der Waals surface area contributed by atoms with Crippen LogP contribution in [0.4, 0.5) is 13.2 Å². The van der Waals surface area contributed by atoms with Gasteiger partial charge in [0.1, 0.15) is 5.83 Å². The third-order valence-electron chi connectivity index (χ3n) is 6.25.